The highest BCUT2D eigenvalue weighted by Gasteiger charge is 2.07. The summed E-state index contributed by atoms with van der Waals surface area (Å²) < 4.78 is 15.2. The van der Waals surface area contributed by atoms with Crippen LogP contribution in [-0.4, -0.2) is 9.38 Å². The molecule has 2 aromatic rings. The summed E-state index contributed by atoms with van der Waals surface area (Å²) in [7, 11) is 0. The largest absolute Gasteiger partial charge is 0.262 e. The van der Waals surface area contributed by atoms with E-state index in [-0.39, 0.29) is 5.95 Å². The first kappa shape index (κ1) is 7.73. The SMILES string of the molecule is Cc1ccc2n[c]c(Br)n2c1F. The Bertz CT molecular complexity index is 436. The molecule has 12 heavy (non-hydrogen) atoms. The zero-order valence-electron chi connectivity index (χ0n) is 6.31. The number of hydrogen-bond donors (Lipinski definition) is 0. The summed E-state index contributed by atoms with van der Waals surface area (Å²) in [4.78, 5) is 3.87. The van der Waals surface area contributed by atoms with Crippen LogP contribution in [-0.2, 0) is 0 Å². The van der Waals surface area contributed by atoms with Gasteiger partial charge in [0.1, 0.15) is 16.4 Å². The molecule has 0 atom stereocenters. The summed E-state index contributed by atoms with van der Waals surface area (Å²) in [6.07, 6.45) is 2.63. The number of fused-ring (bicyclic) bond motifs is 1. The van der Waals surface area contributed by atoms with Gasteiger partial charge in [-0.2, -0.15) is 4.39 Å². The quantitative estimate of drug-likeness (QED) is 0.632. The summed E-state index contributed by atoms with van der Waals surface area (Å²) >= 11 is 3.16. The Morgan fingerprint density at radius 3 is 3.08 bits per heavy atom. The molecule has 0 spiro atoms. The highest BCUT2D eigenvalue weighted by atomic mass is 79.9. The van der Waals surface area contributed by atoms with Crippen molar-refractivity contribution in [3.63, 3.8) is 0 Å². The molecule has 0 aliphatic rings. The van der Waals surface area contributed by atoms with Crippen LogP contribution in [0.1, 0.15) is 5.56 Å². The van der Waals surface area contributed by atoms with Gasteiger partial charge in [0.25, 0.3) is 0 Å². The van der Waals surface area contributed by atoms with Crippen LogP contribution in [0.3, 0.4) is 0 Å². The first-order chi connectivity index (χ1) is 5.70. The van der Waals surface area contributed by atoms with E-state index in [1.165, 1.54) is 4.40 Å². The fourth-order valence-electron chi connectivity index (χ4n) is 1.05. The van der Waals surface area contributed by atoms with E-state index in [0.29, 0.717) is 15.8 Å². The molecule has 0 bridgehead atoms. The second-order valence-electron chi connectivity index (χ2n) is 2.52. The number of pyridine rings is 1. The molecule has 0 aromatic carbocycles. The monoisotopic (exact) mass is 227 g/mol. The van der Waals surface area contributed by atoms with Crippen LogP contribution in [0.5, 0.6) is 0 Å². The van der Waals surface area contributed by atoms with E-state index in [0.717, 1.165) is 0 Å². The van der Waals surface area contributed by atoms with E-state index in [1.807, 2.05) is 0 Å². The molecule has 0 fully saturated rings. The molecule has 0 aliphatic heterocycles. The third-order valence-corrected chi connectivity index (χ3v) is 2.22. The highest BCUT2D eigenvalue weighted by molar-refractivity contribution is 9.10. The molecule has 61 valence electrons. The third kappa shape index (κ3) is 0.948. The van der Waals surface area contributed by atoms with Gasteiger partial charge >= 0.3 is 0 Å². The lowest BCUT2D eigenvalue weighted by Crippen LogP contribution is -1.95. The van der Waals surface area contributed by atoms with Crippen LogP contribution >= 0.6 is 15.9 Å². The van der Waals surface area contributed by atoms with Crippen molar-refractivity contribution in [3.05, 3.63) is 34.4 Å². The van der Waals surface area contributed by atoms with E-state index >= 15 is 0 Å². The molecule has 0 N–H and O–H groups in total. The van der Waals surface area contributed by atoms with Gasteiger partial charge < -0.3 is 0 Å². The van der Waals surface area contributed by atoms with Crippen molar-refractivity contribution < 1.29 is 4.39 Å². The molecule has 0 unspecified atom stereocenters. The van der Waals surface area contributed by atoms with Gasteiger partial charge in [-0.25, -0.2) is 4.98 Å². The molecule has 2 nitrogen and oxygen atoms in total. The molecule has 0 amide bonds. The zero-order chi connectivity index (χ0) is 8.72. The van der Waals surface area contributed by atoms with Gasteiger partial charge in [-0.3, -0.25) is 4.40 Å². The molecular formula is C8H5BrFN2. The highest BCUT2D eigenvalue weighted by Crippen LogP contribution is 2.16. The first-order valence-electron chi connectivity index (χ1n) is 3.41. The Kier molecular flexibility index (Phi) is 1.65. The van der Waals surface area contributed by atoms with E-state index in [2.05, 4.69) is 27.1 Å². The topological polar surface area (TPSA) is 17.3 Å². The van der Waals surface area contributed by atoms with Gasteiger partial charge in [-0.05, 0) is 28.9 Å². The van der Waals surface area contributed by atoms with Crippen LogP contribution in [0.4, 0.5) is 4.39 Å². The Labute approximate surface area is 77.2 Å². The zero-order valence-corrected chi connectivity index (χ0v) is 7.89. The fraction of sp³-hybridized carbons (Fsp3) is 0.125. The Morgan fingerprint density at radius 2 is 2.33 bits per heavy atom. The summed E-state index contributed by atoms with van der Waals surface area (Å²) in [6.45, 7) is 1.71. The van der Waals surface area contributed by atoms with Crippen molar-refractivity contribution in [1.29, 1.82) is 0 Å². The molecule has 1 radical (unpaired) electrons. The molecule has 0 saturated heterocycles. The Morgan fingerprint density at radius 1 is 1.58 bits per heavy atom. The molecular weight excluding hydrogens is 223 g/mol. The maximum absolute atomic E-state index is 13.4. The molecule has 2 heterocycles. The lowest BCUT2D eigenvalue weighted by atomic mass is 10.3. The number of hydrogen-bond acceptors (Lipinski definition) is 1. The minimum atomic E-state index is -0.298. The van der Waals surface area contributed by atoms with Crippen molar-refractivity contribution in [3.8, 4) is 0 Å². The van der Waals surface area contributed by atoms with E-state index < -0.39 is 0 Å². The van der Waals surface area contributed by atoms with Crippen LogP contribution in [0, 0.1) is 19.1 Å². The number of halogens is 2. The fourth-order valence-corrected chi connectivity index (χ4v) is 1.47. The molecule has 4 heteroatoms. The second kappa shape index (κ2) is 2.55. The van der Waals surface area contributed by atoms with E-state index in [9.17, 15) is 4.39 Å². The van der Waals surface area contributed by atoms with Crippen LogP contribution in [0.2, 0.25) is 0 Å². The predicted molar refractivity (Wildman–Crippen MR) is 46.4 cm³/mol. The van der Waals surface area contributed by atoms with Crippen LogP contribution < -0.4 is 0 Å². The average molecular weight is 228 g/mol. The first-order valence-corrected chi connectivity index (χ1v) is 4.20. The van der Waals surface area contributed by atoms with Crippen molar-refractivity contribution >= 4 is 21.6 Å². The summed E-state index contributed by atoms with van der Waals surface area (Å²) in [5, 5.41) is 0. The molecule has 0 saturated carbocycles. The second-order valence-corrected chi connectivity index (χ2v) is 3.27. The Balaban J connectivity index is 2.96. The maximum Gasteiger partial charge on any atom is 0.203 e. The minimum absolute atomic E-state index is 0.298. The summed E-state index contributed by atoms with van der Waals surface area (Å²) in [5.74, 6) is -0.298. The maximum atomic E-state index is 13.4. The lowest BCUT2D eigenvalue weighted by Gasteiger charge is -1.99. The summed E-state index contributed by atoms with van der Waals surface area (Å²) in [6, 6.07) is 3.44. The van der Waals surface area contributed by atoms with Crippen molar-refractivity contribution in [1.82, 2.24) is 9.38 Å². The average Bonchev–Trinajstić information content (AvgIpc) is 2.41. The van der Waals surface area contributed by atoms with Crippen molar-refractivity contribution in [2.24, 2.45) is 0 Å². The smallest absolute Gasteiger partial charge is 0.203 e. The normalized spacial score (nSPS) is 10.9. The minimum Gasteiger partial charge on any atom is -0.262 e. The number of aromatic nitrogens is 2. The van der Waals surface area contributed by atoms with Gasteiger partial charge in [0.15, 0.2) is 0 Å². The van der Waals surface area contributed by atoms with Crippen LogP contribution in [0.15, 0.2) is 16.7 Å². The van der Waals surface area contributed by atoms with E-state index in [1.54, 1.807) is 19.1 Å². The predicted octanol–water partition coefficient (Wildman–Crippen LogP) is 2.34. The van der Waals surface area contributed by atoms with Crippen molar-refractivity contribution in [2.75, 3.05) is 0 Å². The van der Waals surface area contributed by atoms with Crippen LogP contribution in [0.25, 0.3) is 5.65 Å². The molecule has 2 rings (SSSR count). The number of rotatable bonds is 0. The molecule has 0 aliphatic carbocycles. The standard InChI is InChI=1S/C8H5BrFN2/c1-5-2-3-7-11-4-6(9)12(7)8(5)10/h2-3H,1H3. The number of aryl methyl sites for hydroxylation is 1. The Hall–Kier alpha value is -0.900. The van der Waals surface area contributed by atoms with Crippen molar-refractivity contribution in [2.45, 2.75) is 6.92 Å². The third-order valence-electron chi connectivity index (χ3n) is 1.69. The van der Waals surface area contributed by atoms with Gasteiger partial charge in [0.2, 0.25) is 5.95 Å². The summed E-state index contributed by atoms with van der Waals surface area (Å²) in [5.41, 5.74) is 1.15. The van der Waals surface area contributed by atoms with Gasteiger partial charge in [0.05, 0.1) is 0 Å². The van der Waals surface area contributed by atoms with E-state index in [4.69, 9.17) is 0 Å². The van der Waals surface area contributed by atoms with Gasteiger partial charge in [0, 0.05) is 5.56 Å². The molecule has 2 aromatic heterocycles. The van der Waals surface area contributed by atoms with Gasteiger partial charge in [-0.1, -0.05) is 6.07 Å². The van der Waals surface area contributed by atoms with Gasteiger partial charge in [-0.15, -0.1) is 0 Å². The number of imidazole rings is 1. The lowest BCUT2D eigenvalue weighted by molar-refractivity contribution is 0.555. The number of nitrogens with zero attached hydrogens (tertiary/aromatic N) is 2.